The highest BCUT2D eigenvalue weighted by atomic mass is 79.9. The van der Waals surface area contributed by atoms with E-state index < -0.39 is 11.5 Å². The predicted molar refractivity (Wildman–Crippen MR) is 134 cm³/mol. The Kier molecular flexibility index (Phi) is 5.16. The van der Waals surface area contributed by atoms with E-state index in [0.29, 0.717) is 0 Å². The molecule has 1 unspecified atom stereocenters. The number of benzene rings is 4. The van der Waals surface area contributed by atoms with Crippen molar-refractivity contribution in [2.45, 2.75) is 25.4 Å². The van der Waals surface area contributed by atoms with Crippen LogP contribution in [-0.4, -0.2) is 5.11 Å². The number of fused-ring (bicyclic) bond motifs is 3. The van der Waals surface area contributed by atoms with E-state index in [4.69, 9.17) is 0 Å². The van der Waals surface area contributed by atoms with E-state index in [1.807, 2.05) is 12.1 Å². The zero-order chi connectivity index (χ0) is 21.8. The summed E-state index contributed by atoms with van der Waals surface area (Å²) in [5.41, 5.74) is 8.12. The second kappa shape index (κ2) is 7.74. The summed E-state index contributed by atoms with van der Waals surface area (Å²) in [5.74, 6) is 0. The lowest BCUT2D eigenvalue weighted by molar-refractivity contribution is 0.121. The first kappa shape index (κ1) is 20.7. The summed E-state index contributed by atoms with van der Waals surface area (Å²) in [5, 5.41) is 12.1. The summed E-state index contributed by atoms with van der Waals surface area (Å²) in [4.78, 5) is 0. The number of aryl methyl sites for hydroxylation is 2. The lowest BCUT2D eigenvalue weighted by atomic mass is 9.59. The number of aliphatic hydroxyl groups excluding tert-OH is 1. The summed E-state index contributed by atoms with van der Waals surface area (Å²) >= 11 is 7.29. The van der Waals surface area contributed by atoms with E-state index in [2.05, 4.69) is 119 Å². The van der Waals surface area contributed by atoms with Crippen LogP contribution in [0.25, 0.3) is 11.1 Å². The first-order valence-corrected chi connectivity index (χ1v) is 11.9. The fraction of sp³-hybridized carbons (Fsp3) is 0.143. The molecule has 0 saturated heterocycles. The number of hydrogen-bond acceptors (Lipinski definition) is 1. The molecule has 154 valence electrons. The van der Waals surface area contributed by atoms with Crippen LogP contribution in [0.1, 0.15) is 39.5 Å². The summed E-state index contributed by atoms with van der Waals surface area (Å²) in [6.07, 6.45) is -0.727. The standard InChI is InChI=1S/C28H22Br2O/c1-17-3-7-19(8-4-17)28(20-9-5-18(2)6-10-20)26-14-12-22(30)16-25(26)24-15-21(29)11-13-23(24)27(28)31/h3-16,27,31H,1-2H3. The molecule has 1 aliphatic rings. The Bertz CT molecular complexity index is 1230. The van der Waals surface area contributed by atoms with Gasteiger partial charge in [-0.2, -0.15) is 0 Å². The molecule has 0 aromatic heterocycles. The van der Waals surface area contributed by atoms with Crippen LogP contribution in [0.3, 0.4) is 0 Å². The van der Waals surface area contributed by atoms with Gasteiger partial charge in [-0.25, -0.2) is 0 Å². The lowest BCUT2D eigenvalue weighted by Crippen LogP contribution is -2.39. The molecule has 0 radical (unpaired) electrons. The topological polar surface area (TPSA) is 20.2 Å². The highest BCUT2D eigenvalue weighted by Crippen LogP contribution is 2.57. The highest BCUT2D eigenvalue weighted by Gasteiger charge is 2.48. The van der Waals surface area contributed by atoms with Crippen molar-refractivity contribution >= 4 is 31.9 Å². The molecule has 0 saturated carbocycles. The zero-order valence-electron chi connectivity index (χ0n) is 17.4. The van der Waals surface area contributed by atoms with E-state index in [1.165, 1.54) is 11.1 Å². The molecule has 3 heteroatoms. The van der Waals surface area contributed by atoms with Crippen molar-refractivity contribution in [2.75, 3.05) is 0 Å². The van der Waals surface area contributed by atoms with Crippen molar-refractivity contribution in [1.29, 1.82) is 0 Å². The Balaban J connectivity index is 1.93. The van der Waals surface area contributed by atoms with Crippen LogP contribution in [0.4, 0.5) is 0 Å². The summed E-state index contributed by atoms with van der Waals surface area (Å²) in [6.45, 7) is 4.19. The second-order valence-electron chi connectivity index (χ2n) is 8.36. The van der Waals surface area contributed by atoms with Crippen LogP contribution in [0.15, 0.2) is 93.9 Å². The smallest absolute Gasteiger partial charge is 0.0974 e. The Labute approximate surface area is 200 Å². The van der Waals surface area contributed by atoms with E-state index in [-0.39, 0.29) is 0 Å². The maximum Gasteiger partial charge on any atom is 0.0974 e. The minimum atomic E-state index is -0.727. The van der Waals surface area contributed by atoms with Crippen molar-refractivity contribution < 1.29 is 5.11 Å². The molecule has 4 aromatic carbocycles. The predicted octanol–water partition coefficient (Wildman–Crippen LogP) is 7.88. The van der Waals surface area contributed by atoms with Gasteiger partial charge in [-0.1, -0.05) is 104 Å². The second-order valence-corrected chi connectivity index (χ2v) is 10.2. The number of aliphatic hydroxyl groups is 1. The van der Waals surface area contributed by atoms with E-state index >= 15 is 0 Å². The lowest BCUT2D eigenvalue weighted by Gasteiger charge is -2.45. The average molecular weight is 534 g/mol. The average Bonchev–Trinajstić information content (AvgIpc) is 2.76. The van der Waals surface area contributed by atoms with Crippen LogP contribution in [0, 0.1) is 13.8 Å². The van der Waals surface area contributed by atoms with Gasteiger partial charge in [0, 0.05) is 8.95 Å². The van der Waals surface area contributed by atoms with Gasteiger partial charge in [0.1, 0.15) is 0 Å². The molecule has 0 aliphatic heterocycles. The number of rotatable bonds is 2. The summed E-state index contributed by atoms with van der Waals surface area (Å²) < 4.78 is 2.03. The fourth-order valence-electron chi connectivity index (χ4n) is 4.89. The van der Waals surface area contributed by atoms with E-state index in [0.717, 1.165) is 42.3 Å². The van der Waals surface area contributed by atoms with Crippen molar-refractivity contribution in [3.63, 3.8) is 0 Å². The van der Waals surface area contributed by atoms with Gasteiger partial charge < -0.3 is 5.11 Å². The van der Waals surface area contributed by atoms with Gasteiger partial charge in [0.15, 0.2) is 0 Å². The van der Waals surface area contributed by atoms with Gasteiger partial charge >= 0.3 is 0 Å². The quantitative estimate of drug-likeness (QED) is 0.278. The Morgan fingerprint density at radius 2 is 1.13 bits per heavy atom. The Morgan fingerprint density at radius 3 is 1.68 bits per heavy atom. The Hall–Kier alpha value is -2.20. The molecule has 0 bridgehead atoms. The molecule has 1 atom stereocenters. The van der Waals surface area contributed by atoms with Crippen LogP contribution >= 0.6 is 31.9 Å². The third kappa shape index (κ3) is 3.22. The molecule has 5 rings (SSSR count). The van der Waals surface area contributed by atoms with Crippen LogP contribution in [0.2, 0.25) is 0 Å². The van der Waals surface area contributed by atoms with Gasteiger partial charge in [0.25, 0.3) is 0 Å². The van der Waals surface area contributed by atoms with Crippen LogP contribution < -0.4 is 0 Å². The normalized spacial score (nSPS) is 16.5. The first-order valence-electron chi connectivity index (χ1n) is 10.3. The fourth-order valence-corrected chi connectivity index (χ4v) is 5.61. The summed E-state index contributed by atoms with van der Waals surface area (Å²) in [6, 6.07) is 29.7. The van der Waals surface area contributed by atoms with Crippen molar-refractivity contribution in [3.05, 3.63) is 127 Å². The van der Waals surface area contributed by atoms with Gasteiger partial charge in [-0.15, -0.1) is 0 Å². The molecule has 1 N–H and O–H groups in total. The molecule has 4 aromatic rings. The molecule has 0 amide bonds. The molecule has 31 heavy (non-hydrogen) atoms. The first-order chi connectivity index (χ1) is 14.9. The third-order valence-corrected chi connectivity index (χ3v) is 7.42. The number of hydrogen-bond donors (Lipinski definition) is 1. The molecular weight excluding hydrogens is 512 g/mol. The van der Waals surface area contributed by atoms with Gasteiger partial charge in [0.2, 0.25) is 0 Å². The largest absolute Gasteiger partial charge is 0.387 e. The molecular formula is C28H22Br2O. The highest BCUT2D eigenvalue weighted by molar-refractivity contribution is 9.10. The van der Waals surface area contributed by atoms with Crippen LogP contribution in [0.5, 0.6) is 0 Å². The van der Waals surface area contributed by atoms with Crippen molar-refractivity contribution in [1.82, 2.24) is 0 Å². The van der Waals surface area contributed by atoms with Crippen molar-refractivity contribution in [3.8, 4) is 11.1 Å². The molecule has 0 fully saturated rings. The molecule has 1 aliphatic carbocycles. The van der Waals surface area contributed by atoms with E-state index in [1.54, 1.807) is 0 Å². The van der Waals surface area contributed by atoms with Crippen LogP contribution in [-0.2, 0) is 5.41 Å². The number of halogens is 2. The Morgan fingerprint density at radius 1 is 0.645 bits per heavy atom. The SMILES string of the molecule is Cc1ccc(C2(c3ccc(C)cc3)c3ccc(Br)cc3-c3cc(Br)ccc3C2O)cc1. The summed E-state index contributed by atoms with van der Waals surface area (Å²) in [7, 11) is 0. The maximum atomic E-state index is 12.1. The zero-order valence-corrected chi connectivity index (χ0v) is 20.5. The van der Waals surface area contributed by atoms with E-state index in [9.17, 15) is 5.11 Å². The monoisotopic (exact) mass is 532 g/mol. The van der Waals surface area contributed by atoms with Crippen molar-refractivity contribution in [2.24, 2.45) is 0 Å². The molecule has 0 spiro atoms. The minimum absolute atomic E-state index is 0.710. The minimum Gasteiger partial charge on any atom is -0.387 e. The molecule has 0 heterocycles. The molecule has 1 nitrogen and oxygen atoms in total. The van der Waals surface area contributed by atoms with Gasteiger partial charge in [0.05, 0.1) is 11.5 Å². The van der Waals surface area contributed by atoms with Gasteiger partial charge in [-0.3, -0.25) is 0 Å². The maximum absolute atomic E-state index is 12.1. The van der Waals surface area contributed by atoms with Gasteiger partial charge in [-0.05, 0) is 71.5 Å². The third-order valence-electron chi connectivity index (χ3n) is 6.43.